The third kappa shape index (κ3) is 3.61. The molecular weight excluding hydrogens is 265 g/mol. The Kier molecular flexibility index (Phi) is 4.97. The predicted molar refractivity (Wildman–Crippen MR) is 84.1 cm³/mol. The Morgan fingerprint density at radius 2 is 1.81 bits per heavy atom. The van der Waals surface area contributed by atoms with Crippen molar-refractivity contribution in [2.75, 3.05) is 7.11 Å². The van der Waals surface area contributed by atoms with Crippen LogP contribution in [0.5, 0.6) is 5.75 Å². The zero-order valence-corrected chi connectivity index (χ0v) is 13.0. The second-order valence-electron chi connectivity index (χ2n) is 5.37. The van der Waals surface area contributed by atoms with Crippen molar-refractivity contribution in [2.24, 2.45) is 0 Å². The van der Waals surface area contributed by atoms with Crippen molar-refractivity contribution >= 4 is 0 Å². The summed E-state index contributed by atoms with van der Waals surface area (Å²) in [5.74, 6) is -0.0450. The van der Waals surface area contributed by atoms with Gasteiger partial charge in [0.05, 0.1) is 7.11 Å². The molecule has 1 N–H and O–H groups in total. The molecule has 0 radical (unpaired) electrons. The molecule has 0 aliphatic rings. The smallest absolute Gasteiger partial charge is 0.165 e. The molecule has 21 heavy (non-hydrogen) atoms. The van der Waals surface area contributed by atoms with Crippen LogP contribution < -0.4 is 10.1 Å². The molecular formula is C18H22FNO. The third-order valence-corrected chi connectivity index (χ3v) is 3.91. The maximum atomic E-state index is 13.7. The van der Waals surface area contributed by atoms with Crippen molar-refractivity contribution < 1.29 is 9.13 Å². The van der Waals surface area contributed by atoms with Crippen LogP contribution >= 0.6 is 0 Å². The number of hydrogen-bond acceptors (Lipinski definition) is 2. The molecule has 0 fully saturated rings. The van der Waals surface area contributed by atoms with Gasteiger partial charge in [-0.25, -0.2) is 4.39 Å². The minimum Gasteiger partial charge on any atom is -0.494 e. The van der Waals surface area contributed by atoms with Crippen molar-refractivity contribution in [3.8, 4) is 5.75 Å². The summed E-state index contributed by atoms with van der Waals surface area (Å²) in [5.41, 5.74) is 4.77. The minimum absolute atomic E-state index is 0.0735. The molecule has 2 nitrogen and oxygen atoms in total. The Hall–Kier alpha value is -1.87. The SMILES string of the molecule is COc1ccc(C(C)NCc2c(C)cccc2C)cc1F. The monoisotopic (exact) mass is 287 g/mol. The number of halogens is 1. The first-order chi connectivity index (χ1) is 10.0. The lowest BCUT2D eigenvalue weighted by Gasteiger charge is -2.17. The molecule has 1 atom stereocenters. The Labute approximate surface area is 126 Å². The zero-order valence-electron chi connectivity index (χ0n) is 13.0. The molecule has 0 aromatic heterocycles. The number of aryl methyl sites for hydroxylation is 2. The van der Waals surface area contributed by atoms with Crippen LogP contribution in [0.15, 0.2) is 36.4 Å². The first-order valence-corrected chi connectivity index (χ1v) is 7.15. The van der Waals surface area contributed by atoms with Gasteiger partial charge in [-0.15, -0.1) is 0 Å². The Morgan fingerprint density at radius 3 is 2.38 bits per heavy atom. The lowest BCUT2D eigenvalue weighted by Crippen LogP contribution is -2.19. The van der Waals surface area contributed by atoms with E-state index >= 15 is 0 Å². The molecule has 0 heterocycles. The molecule has 0 aliphatic heterocycles. The van der Waals surface area contributed by atoms with Gasteiger partial charge in [0.15, 0.2) is 11.6 Å². The highest BCUT2D eigenvalue weighted by Gasteiger charge is 2.10. The number of hydrogen-bond donors (Lipinski definition) is 1. The molecule has 0 bridgehead atoms. The van der Waals surface area contributed by atoms with Gasteiger partial charge in [-0.1, -0.05) is 24.3 Å². The van der Waals surface area contributed by atoms with Crippen LogP contribution in [0.3, 0.4) is 0 Å². The number of nitrogens with one attached hydrogen (secondary N) is 1. The van der Waals surface area contributed by atoms with Gasteiger partial charge in [0, 0.05) is 12.6 Å². The molecule has 0 amide bonds. The van der Waals surface area contributed by atoms with Gasteiger partial charge in [0.2, 0.25) is 0 Å². The standard InChI is InChI=1S/C18H22FNO/c1-12-6-5-7-13(2)16(12)11-20-14(3)15-8-9-18(21-4)17(19)10-15/h5-10,14,20H,11H2,1-4H3. The summed E-state index contributed by atoms with van der Waals surface area (Å²) in [6.07, 6.45) is 0. The van der Waals surface area contributed by atoms with E-state index in [1.54, 1.807) is 6.07 Å². The summed E-state index contributed by atoms with van der Waals surface area (Å²) >= 11 is 0. The first kappa shape index (κ1) is 15.5. The summed E-state index contributed by atoms with van der Waals surface area (Å²) in [5, 5.41) is 3.45. The summed E-state index contributed by atoms with van der Waals surface area (Å²) in [4.78, 5) is 0. The average Bonchev–Trinajstić information content (AvgIpc) is 2.46. The molecule has 2 aromatic carbocycles. The minimum atomic E-state index is -0.323. The molecule has 0 saturated carbocycles. The Morgan fingerprint density at radius 1 is 1.14 bits per heavy atom. The van der Waals surface area contributed by atoms with Gasteiger partial charge >= 0.3 is 0 Å². The van der Waals surface area contributed by atoms with E-state index in [2.05, 4.69) is 37.4 Å². The van der Waals surface area contributed by atoms with E-state index in [0.29, 0.717) is 0 Å². The van der Waals surface area contributed by atoms with E-state index in [1.165, 1.54) is 29.9 Å². The molecule has 2 rings (SSSR count). The van der Waals surface area contributed by atoms with Gasteiger partial charge < -0.3 is 10.1 Å². The van der Waals surface area contributed by atoms with Gasteiger partial charge in [0.25, 0.3) is 0 Å². The number of methoxy groups -OCH3 is 1. The highest BCUT2D eigenvalue weighted by molar-refractivity contribution is 5.34. The van der Waals surface area contributed by atoms with Crippen LogP contribution in [0.4, 0.5) is 4.39 Å². The van der Waals surface area contributed by atoms with Crippen LogP contribution in [0.1, 0.15) is 35.2 Å². The van der Waals surface area contributed by atoms with Crippen molar-refractivity contribution in [3.05, 3.63) is 64.5 Å². The van der Waals surface area contributed by atoms with Gasteiger partial charge in [-0.2, -0.15) is 0 Å². The summed E-state index contributed by atoms with van der Waals surface area (Å²) in [6.45, 7) is 7.03. The molecule has 0 spiro atoms. The van der Waals surface area contributed by atoms with Crippen molar-refractivity contribution in [1.82, 2.24) is 5.32 Å². The fraction of sp³-hybridized carbons (Fsp3) is 0.333. The molecule has 0 aliphatic carbocycles. The molecule has 112 valence electrons. The number of rotatable bonds is 5. The molecule has 1 unspecified atom stereocenters. The quantitative estimate of drug-likeness (QED) is 0.885. The van der Waals surface area contributed by atoms with Crippen LogP contribution in [0.2, 0.25) is 0 Å². The van der Waals surface area contributed by atoms with Gasteiger partial charge in [0.1, 0.15) is 0 Å². The maximum absolute atomic E-state index is 13.7. The largest absolute Gasteiger partial charge is 0.494 e. The zero-order chi connectivity index (χ0) is 15.4. The molecule has 3 heteroatoms. The first-order valence-electron chi connectivity index (χ1n) is 7.15. The summed E-state index contributed by atoms with van der Waals surface area (Å²) < 4.78 is 18.7. The van der Waals surface area contributed by atoms with Crippen LogP contribution in [0.25, 0.3) is 0 Å². The number of ether oxygens (including phenoxy) is 1. The lowest BCUT2D eigenvalue weighted by molar-refractivity contribution is 0.385. The van der Waals surface area contributed by atoms with E-state index in [1.807, 2.05) is 13.0 Å². The van der Waals surface area contributed by atoms with Crippen molar-refractivity contribution in [2.45, 2.75) is 33.4 Å². The second-order valence-corrected chi connectivity index (χ2v) is 5.37. The maximum Gasteiger partial charge on any atom is 0.165 e. The average molecular weight is 287 g/mol. The fourth-order valence-corrected chi connectivity index (χ4v) is 2.45. The van der Waals surface area contributed by atoms with E-state index in [9.17, 15) is 4.39 Å². The van der Waals surface area contributed by atoms with Crippen LogP contribution in [-0.2, 0) is 6.54 Å². The summed E-state index contributed by atoms with van der Waals surface area (Å²) in [7, 11) is 1.47. The van der Waals surface area contributed by atoms with Gasteiger partial charge in [-0.3, -0.25) is 0 Å². The molecule has 2 aromatic rings. The molecule has 0 saturated heterocycles. The van der Waals surface area contributed by atoms with E-state index in [4.69, 9.17) is 4.74 Å². The second kappa shape index (κ2) is 6.72. The Bertz CT molecular complexity index is 604. The number of benzene rings is 2. The Balaban J connectivity index is 2.08. The predicted octanol–water partition coefficient (Wildman–Crippen LogP) is 4.30. The van der Waals surface area contributed by atoms with E-state index in [0.717, 1.165) is 12.1 Å². The van der Waals surface area contributed by atoms with Crippen molar-refractivity contribution in [3.63, 3.8) is 0 Å². The van der Waals surface area contributed by atoms with E-state index < -0.39 is 0 Å². The normalized spacial score (nSPS) is 12.2. The lowest BCUT2D eigenvalue weighted by atomic mass is 10.0. The highest BCUT2D eigenvalue weighted by Crippen LogP contribution is 2.22. The van der Waals surface area contributed by atoms with Crippen molar-refractivity contribution in [1.29, 1.82) is 0 Å². The highest BCUT2D eigenvalue weighted by atomic mass is 19.1. The topological polar surface area (TPSA) is 21.3 Å². The summed E-state index contributed by atoms with van der Waals surface area (Å²) in [6, 6.07) is 11.5. The third-order valence-electron chi connectivity index (χ3n) is 3.91. The van der Waals surface area contributed by atoms with Crippen LogP contribution in [-0.4, -0.2) is 7.11 Å². The van der Waals surface area contributed by atoms with Gasteiger partial charge in [-0.05, 0) is 55.2 Å². The van der Waals surface area contributed by atoms with E-state index in [-0.39, 0.29) is 17.6 Å². The van der Waals surface area contributed by atoms with Crippen LogP contribution in [0, 0.1) is 19.7 Å². The fourth-order valence-electron chi connectivity index (χ4n) is 2.45.